The van der Waals surface area contributed by atoms with Crippen molar-refractivity contribution in [2.24, 2.45) is 0 Å². The van der Waals surface area contributed by atoms with Crippen LogP contribution in [0.2, 0.25) is 0 Å². The van der Waals surface area contributed by atoms with Crippen molar-refractivity contribution in [3.8, 4) is 0 Å². The molecular formula is C13H27NO3. The Morgan fingerprint density at radius 1 is 1.12 bits per heavy atom. The second-order valence-corrected chi connectivity index (χ2v) is 4.30. The summed E-state index contributed by atoms with van der Waals surface area (Å²) in [5.74, 6) is 0. The van der Waals surface area contributed by atoms with Gasteiger partial charge in [0.05, 0.1) is 19.8 Å². The van der Waals surface area contributed by atoms with Crippen molar-refractivity contribution >= 4 is 0 Å². The van der Waals surface area contributed by atoms with E-state index >= 15 is 0 Å². The van der Waals surface area contributed by atoms with E-state index in [4.69, 9.17) is 14.2 Å². The molecule has 0 spiro atoms. The van der Waals surface area contributed by atoms with Crippen LogP contribution in [0.1, 0.15) is 20.3 Å². The molecule has 4 heteroatoms. The first-order valence-corrected chi connectivity index (χ1v) is 6.21. The summed E-state index contributed by atoms with van der Waals surface area (Å²) in [6.07, 6.45) is 0.932. The van der Waals surface area contributed by atoms with Crippen LogP contribution >= 0.6 is 0 Å². The van der Waals surface area contributed by atoms with Crippen LogP contribution in [0.4, 0.5) is 0 Å². The first-order valence-electron chi connectivity index (χ1n) is 6.21. The van der Waals surface area contributed by atoms with Gasteiger partial charge in [0.15, 0.2) is 0 Å². The molecule has 0 amide bonds. The van der Waals surface area contributed by atoms with Crippen LogP contribution in [0.15, 0.2) is 12.2 Å². The Balaban J connectivity index is 3.14. The standard InChI is InChI=1S/C13H27NO3/c1-12(2)14-10-13(3)11-17-9-8-16-7-5-6-15-4/h12,14H,3,5-11H2,1-2,4H3. The third-order valence-corrected chi connectivity index (χ3v) is 2.08. The highest BCUT2D eigenvalue weighted by Crippen LogP contribution is 1.91. The second-order valence-electron chi connectivity index (χ2n) is 4.30. The lowest BCUT2D eigenvalue weighted by Crippen LogP contribution is -2.26. The van der Waals surface area contributed by atoms with Crippen molar-refractivity contribution in [2.45, 2.75) is 26.3 Å². The van der Waals surface area contributed by atoms with E-state index < -0.39 is 0 Å². The lowest BCUT2D eigenvalue weighted by Gasteiger charge is -2.11. The molecule has 17 heavy (non-hydrogen) atoms. The van der Waals surface area contributed by atoms with Crippen LogP contribution in [-0.2, 0) is 14.2 Å². The Kier molecular flexibility index (Phi) is 11.8. The molecule has 0 aromatic rings. The molecule has 1 N–H and O–H groups in total. The summed E-state index contributed by atoms with van der Waals surface area (Å²) < 4.78 is 15.7. The molecule has 0 saturated carbocycles. The third kappa shape index (κ3) is 13.5. The van der Waals surface area contributed by atoms with Crippen LogP contribution < -0.4 is 5.32 Å². The second kappa shape index (κ2) is 12.0. The van der Waals surface area contributed by atoms with Gasteiger partial charge in [0, 0.05) is 32.9 Å². The Bertz CT molecular complexity index is 184. The number of methoxy groups -OCH3 is 1. The van der Waals surface area contributed by atoms with Crippen LogP contribution in [0.25, 0.3) is 0 Å². The zero-order valence-electron chi connectivity index (χ0n) is 11.5. The van der Waals surface area contributed by atoms with Crippen molar-refractivity contribution in [1.82, 2.24) is 5.32 Å². The van der Waals surface area contributed by atoms with Gasteiger partial charge in [-0.1, -0.05) is 20.4 Å². The quantitative estimate of drug-likeness (QED) is 0.419. The third-order valence-electron chi connectivity index (χ3n) is 2.08. The van der Waals surface area contributed by atoms with E-state index in [2.05, 4.69) is 25.7 Å². The fourth-order valence-electron chi connectivity index (χ4n) is 1.14. The lowest BCUT2D eigenvalue weighted by atomic mass is 10.3. The molecule has 0 saturated heterocycles. The summed E-state index contributed by atoms with van der Waals surface area (Å²) in [6.45, 7) is 12.3. The SMILES string of the molecule is C=C(CNC(C)C)COCCOCCCOC. The van der Waals surface area contributed by atoms with Crippen molar-refractivity contribution in [2.75, 3.05) is 46.7 Å². The molecule has 0 radical (unpaired) electrons. The number of nitrogens with one attached hydrogen (secondary N) is 1. The molecule has 0 aliphatic rings. The van der Waals surface area contributed by atoms with Gasteiger partial charge in [0.25, 0.3) is 0 Å². The van der Waals surface area contributed by atoms with Gasteiger partial charge in [-0.25, -0.2) is 0 Å². The minimum absolute atomic E-state index is 0.482. The number of ether oxygens (including phenoxy) is 3. The number of hydrogen-bond donors (Lipinski definition) is 1. The van der Waals surface area contributed by atoms with Crippen LogP contribution in [0.5, 0.6) is 0 Å². The summed E-state index contributed by atoms with van der Waals surface area (Å²) >= 11 is 0. The molecule has 0 aliphatic carbocycles. The highest BCUT2D eigenvalue weighted by atomic mass is 16.5. The molecule has 0 aromatic heterocycles. The molecule has 0 fully saturated rings. The smallest absolute Gasteiger partial charge is 0.0704 e. The number of hydrogen-bond acceptors (Lipinski definition) is 4. The normalized spacial score (nSPS) is 11.1. The average Bonchev–Trinajstić information content (AvgIpc) is 2.30. The van der Waals surface area contributed by atoms with Gasteiger partial charge in [-0.15, -0.1) is 0 Å². The van der Waals surface area contributed by atoms with Gasteiger partial charge in [0.2, 0.25) is 0 Å². The average molecular weight is 245 g/mol. The van der Waals surface area contributed by atoms with E-state index in [0.29, 0.717) is 25.9 Å². The maximum Gasteiger partial charge on any atom is 0.0704 e. The van der Waals surface area contributed by atoms with Gasteiger partial charge in [-0.3, -0.25) is 0 Å². The highest BCUT2D eigenvalue weighted by molar-refractivity contribution is 4.97. The zero-order chi connectivity index (χ0) is 12.9. The molecule has 0 unspecified atom stereocenters. The van der Waals surface area contributed by atoms with E-state index in [1.54, 1.807) is 7.11 Å². The van der Waals surface area contributed by atoms with Crippen LogP contribution in [0, 0.1) is 0 Å². The summed E-state index contributed by atoms with van der Waals surface area (Å²) in [4.78, 5) is 0. The van der Waals surface area contributed by atoms with Gasteiger partial charge >= 0.3 is 0 Å². The lowest BCUT2D eigenvalue weighted by molar-refractivity contribution is 0.0467. The predicted octanol–water partition coefficient (Wildman–Crippen LogP) is 1.61. The van der Waals surface area contributed by atoms with Crippen molar-refractivity contribution < 1.29 is 14.2 Å². The fraction of sp³-hybridized carbons (Fsp3) is 0.846. The Morgan fingerprint density at radius 2 is 1.82 bits per heavy atom. The van der Waals surface area contributed by atoms with E-state index in [9.17, 15) is 0 Å². The van der Waals surface area contributed by atoms with Gasteiger partial charge in [-0.05, 0) is 12.0 Å². The molecular weight excluding hydrogens is 218 g/mol. The predicted molar refractivity (Wildman–Crippen MR) is 70.4 cm³/mol. The minimum Gasteiger partial charge on any atom is -0.385 e. The maximum absolute atomic E-state index is 5.44. The molecule has 0 aliphatic heterocycles. The summed E-state index contributed by atoms with van der Waals surface area (Å²) in [6, 6.07) is 0.482. The van der Waals surface area contributed by atoms with E-state index in [0.717, 1.165) is 31.8 Å². The fourth-order valence-corrected chi connectivity index (χ4v) is 1.14. The Hall–Kier alpha value is -0.420. The largest absolute Gasteiger partial charge is 0.385 e. The van der Waals surface area contributed by atoms with Crippen molar-refractivity contribution in [1.29, 1.82) is 0 Å². The summed E-state index contributed by atoms with van der Waals surface area (Å²) in [5, 5.41) is 3.30. The molecule has 0 heterocycles. The minimum atomic E-state index is 0.482. The first kappa shape index (κ1) is 16.6. The monoisotopic (exact) mass is 245 g/mol. The first-order chi connectivity index (χ1) is 8.16. The van der Waals surface area contributed by atoms with Crippen molar-refractivity contribution in [3.05, 3.63) is 12.2 Å². The molecule has 0 bridgehead atoms. The van der Waals surface area contributed by atoms with Crippen molar-refractivity contribution in [3.63, 3.8) is 0 Å². The van der Waals surface area contributed by atoms with Gasteiger partial charge in [-0.2, -0.15) is 0 Å². The summed E-state index contributed by atoms with van der Waals surface area (Å²) in [7, 11) is 1.69. The van der Waals surface area contributed by atoms with Gasteiger partial charge < -0.3 is 19.5 Å². The topological polar surface area (TPSA) is 39.7 Å². The molecule has 102 valence electrons. The Morgan fingerprint density at radius 3 is 2.47 bits per heavy atom. The molecule has 0 aromatic carbocycles. The number of rotatable bonds is 12. The molecule has 0 rings (SSSR count). The molecule has 0 atom stereocenters. The van der Waals surface area contributed by atoms with Crippen LogP contribution in [0.3, 0.4) is 0 Å². The van der Waals surface area contributed by atoms with Gasteiger partial charge in [0.1, 0.15) is 0 Å². The molecule has 4 nitrogen and oxygen atoms in total. The van der Waals surface area contributed by atoms with E-state index in [-0.39, 0.29) is 0 Å². The van der Waals surface area contributed by atoms with Crippen LogP contribution in [-0.4, -0.2) is 52.7 Å². The maximum atomic E-state index is 5.44. The highest BCUT2D eigenvalue weighted by Gasteiger charge is 1.97. The Labute approximate surface area is 105 Å². The van der Waals surface area contributed by atoms with E-state index in [1.165, 1.54) is 0 Å². The zero-order valence-corrected chi connectivity index (χ0v) is 11.5. The summed E-state index contributed by atoms with van der Waals surface area (Å²) in [5.41, 5.74) is 1.07. The van der Waals surface area contributed by atoms with E-state index in [1.807, 2.05) is 0 Å².